The third kappa shape index (κ3) is 2.58. The van der Waals surface area contributed by atoms with E-state index < -0.39 is 5.97 Å². The van der Waals surface area contributed by atoms with Crippen molar-refractivity contribution in [2.24, 2.45) is 0 Å². The van der Waals surface area contributed by atoms with Crippen LogP contribution in [0.2, 0.25) is 10.0 Å². The van der Waals surface area contributed by atoms with Crippen molar-refractivity contribution in [3.05, 3.63) is 68.8 Å². The number of aryl methyl sites for hydroxylation is 1. The van der Waals surface area contributed by atoms with Crippen LogP contribution in [0.15, 0.2) is 36.4 Å². The summed E-state index contributed by atoms with van der Waals surface area (Å²) in [7, 11) is 0. The first-order chi connectivity index (χ1) is 10.5. The average molecular weight is 334 g/mol. The van der Waals surface area contributed by atoms with Gasteiger partial charge in [0.15, 0.2) is 0 Å². The number of halogens is 2. The molecule has 2 N–H and O–H groups in total. The van der Waals surface area contributed by atoms with E-state index in [0.717, 1.165) is 27.6 Å². The van der Waals surface area contributed by atoms with Gasteiger partial charge in [0, 0.05) is 10.9 Å². The van der Waals surface area contributed by atoms with Crippen molar-refractivity contribution in [3.63, 3.8) is 0 Å². The molecule has 0 unspecified atom stereocenters. The lowest BCUT2D eigenvalue weighted by Crippen LogP contribution is -1.98. The Kier molecular flexibility index (Phi) is 3.85. The summed E-state index contributed by atoms with van der Waals surface area (Å²) in [5.74, 6) is -0.950. The normalized spacial score (nSPS) is 11.0. The molecule has 1 heterocycles. The molecule has 3 nitrogen and oxygen atoms in total. The van der Waals surface area contributed by atoms with E-state index in [1.165, 1.54) is 0 Å². The Hall–Kier alpha value is -1.97. The number of aromatic nitrogens is 1. The molecule has 0 spiro atoms. The van der Waals surface area contributed by atoms with Crippen LogP contribution in [0.5, 0.6) is 0 Å². The summed E-state index contributed by atoms with van der Waals surface area (Å²) in [4.78, 5) is 14.2. The van der Waals surface area contributed by atoms with Crippen LogP contribution in [-0.4, -0.2) is 16.1 Å². The monoisotopic (exact) mass is 333 g/mol. The Morgan fingerprint density at radius 1 is 1.18 bits per heavy atom. The lowest BCUT2D eigenvalue weighted by Gasteiger charge is -2.06. The van der Waals surface area contributed by atoms with Gasteiger partial charge in [-0.1, -0.05) is 41.4 Å². The molecule has 0 aliphatic rings. The number of aromatic amines is 1. The predicted molar refractivity (Wildman–Crippen MR) is 89.3 cm³/mol. The van der Waals surface area contributed by atoms with Crippen molar-refractivity contribution in [1.29, 1.82) is 0 Å². The van der Waals surface area contributed by atoms with Crippen molar-refractivity contribution in [2.45, 2.75) is 13.3 Å². The van der Waals surface area contributed by atoms with Crippen LogP contribution >= 0.6 is 23.2 Å². The fraction of sp³-hybridized carbons (Fsp3) is 0.118. The van der Waals surface area contributed by atoms with Gasteiger partial charge >= 0.3 is 5.97 Å². The van der Waals surface area contributed by atoms with Gasteiger partial charge in [-0.3, -0.25) is 0 Å². The molecule has 112 valence electrons. The highest BCUT2D eigenvalue weighted by molar-refractivity contribution is 6.42. The molecule has 0 saturated carbocycles. The van der Waals surface area contributed by atoms with Crippen LogP contribution in [0.3, 0.4) is 0 Å². The number of fused-ring (bicyclic) bond motifs is 1. The number of nitrogens with one attached hydrogen (secondary N) is 1. The summed E-state index contributed by atoms with van der Waals surface area (Å²) in [6.07, 6.45) is 0.659. The molecular formula is C17H13Cl2NO2. The van der Waals surface area contributed by atoms with Gasteiger partial charge in [0.05, 0.1) is 10.0 Å². The largest absolute Gasteiger partial charge is 0.477 e. The SMILES string of the molecule is Cc1c(C(=O)O)[nH]c2cccc(Cc3ccc(Cl)c(Cl)c3)c12. The zero-order valence-corrected chi connectivity index (χ0v) is 13.3. The maximum absolute atomic E-state index is 11.3. The molecule has 22 heavy (non-hydrogen) atoms. The summed E-state index contributed by atoms with van der Waals surface area (Å²) in [5, 5.41) is 11.2. The zero-order valence-electron chi connectivity index (χ0n) is 11.8. The van der Waals surface area contributed by atoms with Crippen LogP contribution in [0, 0.1) is 6.92 Å². The second kappa shape index (κ2) is 5.67. The number of hydrogen-bond acceptors (Lipinski definition) is 1. The van der Waals surface area contributed by atoms with E-state index in [1.807, 2.05) is 37.3 Å². The Morgan fingerprint density at radius 3 is 2.64 bits per heavy atom. The predicted octanol–water partition coefficient (Wildman–Crippen LogP) is 5.07. The average Bonchev–Trinajstić information content (AvgIpc) is 2.81. The summed E-state index contributed by atoms with van der Waals surface area (Å²) >= 11 is 12.0. The molecular weight excluding hydrogens is 321 g/mol. The number of rotatable bonds is 3. The molecule has 0 atom stereocenters. The van der Waals surface area contributed by atoms with Crippen molar-refractivity contribution in [1.82, 2.24) is 4.98 Å². The number of carbonyl (C=O) groups is 1. The molecule has 0 fully saturated rings. The molecule has 3 rings (SSSR count). The molecule has 1 aromatic heterocycles. The van der Waals surface area contributed by atoms with Gasteiger partial charge in [0.2, 0.25) is 0 Å². The van der Waals surface area contributed by atoms with Gasteiger partial charge in [-0.05, 0) is 48.2 Å². The number of aromatic carboxylic acids is 1. The van der Waals surface area contributed by atoms with Crippen LogP contribution in [0.25, 0.3) is 10.9 Å². The first kappa shape index (κ1) is 14.9. The lowest BCUT2D eigenvalue weighted by molar-refractivity contribution is 0.0691. The standard InChI is InChI=1S/C17H13Cl2NO2/c1-9-15-11(7-10-5-6-12(18)13(19)8-10)3-2-4-14(15)20-16(9)17(21)22/h2-6,8,20H,7H2,1H3,(H,21,22). The molecule has 0 radical (unpaired) electrons. The van der Waals surface area contributed by atoms with Crippen LogP contribution in [-0.2, 0) is 6.42 Å². The van der Waals surface area contributed by atoms with Crippen molar-refractivity contribution in [3.8, 4) is 0 Å². The topological polar surface area (TPSA) is 53.1 Å². The summed E-state index contributed by atoms with van der Waals surface area (Å²) in [6.45, 7) is 1.82. The second-order valence-electron chi connectivity index (χ2n) is 5.20. The quantitative estimate of drug-likeness (QED) is 0.702. The maximum Gasteiger partial charge on any atom is 0.352 e. The smallest absolute Gasteiger partial charge is 0.352 e. The third-order valence-electron chi connectivity index (χ3n) is 3.75. The van der Waals surface area contributed by atoms with Gasteiger partial charge in [-0.2, -0.15) is 0 Å². The Balaban J connectivity index is 2.10. The van der Waals surface area contributed by atoms with Crippen molar-refractivity contribution in [2.75, 3.05) is 0 Å². The van der Waals surface area contributed by atoms with E-state index in [2.05, 4.69) is 4.98 Å². The number of hydrogen-bond donors (Lipinski definition) is 2. The molecule has 0 amide bonds. The molecule has 0 bridgehead atoms. The van der Waals surface area contributed by atoms with Crippen molar-refractivity contribution < 1.29 is 9.90 Å². The first-order valence-corrected chi connectivity index (χ1v) is 7.50. The number of H-pyrrole nitrogens is 1. The number of benzene rings is 2. The lowest BCUT2D eigenvalue weighted by atomic mass is 9.99. The highest BCUT2D eigenvalue weighted by atomic mass is 35.5. The van der Waals surface area contributed by atoms with E-state index in [1.54, 1.807) is 6.07 Å². The van der Waals surface area contributed by atoms with Gasteiger partial charge in [-0.25, -0.2) is 4.79 Å². The molecule has 5 heteroatoms. The van der Waals surface area contributed by atoms with E-state index in [-0.39, 0.29) is 5.69 Å². The summed E-state index contributed by atoms with van der Waals surface area (Å²) < 4.78 is 0. The van der Waals surface area contributed by atoms with Gasteiger partial charge in [0.1, 0.15) is 5.69 Å². The number of carboxylic acids is 1. The van der Waals surface area contributed by atoms with Crippen LogP contribution in [0.1, 0.15) is 27.2 Å². The Labute approximate surface area is 137 Å². The highest BCUT2D eigenvalue weighted by Crippen LogP contribution is 2.29. The minimum absolute atomic E-state index is 0.233. The minimum atomic E-state index is -0.950. The van der Waals surface area contributed by atoms with Crippen LogP contribution in [0.4, 0.5) is 0 Å². The zero-order chi connectivity index (χ0) is 15.9. The first-order valence-electron chi connectivity index (χ1n) is 6.74. The molecule has 2 aromatic carbocycles. The second-order valence-corrected chi connectivity index (χ2v) is 6.01. The fourth-order valence-corrected chi connectivity index (χ4v) is 3.05. The molecule has 3 aromatic rings. The van der Waals surface area contributed by atoms with E-state index in [9.17, 15) is 9.90 Å². The van der Waals surface area contributed by atoms with Gasteiger partial charge in [-0.15, -0.1) is 0 Å². The van der Waals surface area contributed by atoms with Crippen LogP contribution < -0.4 is 0 Å². The van der Waals surface area contributed by atoms with E-state index >= 15 is 0 Å². The molecule has 0 saturated heterocycles. The third-order valence-corrected chi connectivity index (χ3v) is 4.49. The summed E-state index contributed by atoms with van der Waals surface area (Å²) in [6, 6.07) is 11.3. The number of carboxylic acid groups (broad SMARTS) is 1. The molecule has 0 aliphatic carbocycles. The van der Waals surface area contributed by atoms with E-state index in [4.69, 9.17) is 23.2 Å². The maximum atomic E-state index is 11.3. The Morgan fingerprint density at radius 2 is 1.95 bits per heavy atom. The summed E-state index contributed by atoms with van der Waals surface area (Å²) in [5.41, 5.74) is 3.89. The molecule has 0 aliphatic heterocycles. The van der Waals surface area contributed by atoms with Gasteiger partial charge in [0.25, 0.3) is 0 Å². The highest BCUT2D eigenvalue weighted by Gasteiger charge is 2.16. The fourth-order valence-electron chi connectivity index (χ4n) is 2.73. The Bertz CT molecular complexity index is 884. The minimum Gasteiger partial charge on any atom is -0.477 e. The van der Waals surface area contributed by atoms with E-state index in [0.29, 0.717) is 16.5 Å². The van der Waals surface area contributed by atoms with Crippen molar-refractivity contribution >= 4 is 40.1 Å². The van der Waals surface area contributed by atoms with Gasteiger partial charge < -0.3 is 10.1 Å².